The number of anilines is 1. The van der Waals surface area contributed by atoms with Crippen LogP contribution in [0.3, 0.4) is 0 Å². The minimum Gasteiger partial charge on any atom is -0.402 e. The standard InChI is InChI=1S/C21H30ClN7O3S/c1-5-17(24)18(11(2)23)21(30)26-12(3)14-8-16(22)15-9-25-27-19(15)20(14)29-7-6-13(10-29)28-33(4,31)32/h5,8-9,12-13,28H,6-7,10,23-24H2,1-4H3,(H,25,27)(H,26,30)/b17-5+,18-11-/t12?,13-/m0/s1. The van der Waals surface area contributed by atoms with Crippen LogP contribution in [0.2, 0.25) is 5.02 Å². The molecule has 1 aliphatic rings. The predicted octanol–water partition coefficient (Wildman–Crippen LogP) is 1.62. The second kappa shape index (κ2) is 9.62. The first-order valence-corrected chi connectivity index (χ1v) is 12.8. The molecule has 1 fully saturated rings. The van der Waals surface area contributed by atoms with Crippen LogP contribution < -0.4 is 26.4 Å². The third kappa shape index (κ3) is 5.43. The van der Waals surface area contributed by atoms with Crippen LogP contribution in [0.4, 0.5) is 5.69 Å². The molecule has 12 heteroatoms. The van der Waals surface area contributed by atoms with Gasteiger partial charge in [-0.3, -0.25) is 9.89 Å². The van der Waals surface area contributed by atoms with Gasteiger partial charge in [-0.1, -0.05) is 17.7 Å². The Morgan fingerprint density at radius 2 is 2.12 bits per heavy atom. The Labute approximate surface area is 198 Å². The van der Waals surface area contributed by atoms with E-state index < -0.39 is 22.0 Å². The average Bonchev–Trinajstić information content (AvgIpc) is 3.36. The Kier molecular flexibility index (Phi) is 7.25. The Bertz CT molecular complexity index is 1230. The minimum absolute atomic E-state index is 0.221. The Hall–Kier alpha value is -2.76. The van der Waals surface area contributed by atoms with Crippen LogP contribution in [0.5, 0.6) is 0 Å². The lowest BCUT2D eigenvalue weighted by Crippen LogP contribution is -2.37. The number of hydrogen-bond acceptors (Lipinski definition) is 7. The lowest BCUT2D eigenvalue weighted by Gasteiger charge is -2.27. The molecule has 10 nitrogen and oxygen atoms in total. The summed E-state index contributed by atoms with van der Waals surface area (Å²) in [7, 11) is -3.33. The molecule has 2 atom stereocenters. The van der Waals surface area contributed by atoms with E-state index >= 15 is 0 Å². The summed E-state index contributed by atoms with van der Waals surface area (Å²) in [6.45, 7) is 6.28. The molecule has 1 aromatic heterocycles. The van der Waals surface area contributed by atoms with Gasteiger partial charge < -0.3 is 21.7 Å². The minimum atomic E-state index is -3.33. The highest BCUT2D eigenvalue weighted by Crippen LogP contribution is 2.39. The van der Waals surface area contributed by atoms with Crippen molar-refractivity contribution < 1.29 is 13.2 Å². The van der Waals surface area contributed by atoms with Crippen LogP contribution in [0.1, 0.15) is 38.8 Å². The van der Waals surface area contributed by atoms with Gasteiger partial charge in [0.1, 0.15) is 0 Å². The van der Waals surface area contributed by atoms with Crippen molar-refractivity contribution >= 4 is 44.1 Å². The maximum Gasteiger partial charge on any atom is 0.255 e. The number of benzene rings is 1. The number of aromatic nitrogens is 2. The van der Waals surface area contributed by atoms with Crippen LogP contribution in [0.25, 0.3) is 10.9 Å². The molecular weight excluding hydrogens is 466 g/mol. The molecule has 180 valence electrons. The smallest absolute Gasteiger partial charge is 0.255 e. The molecule has 1 amide bonds. The zero-order valence-corrected chi connectivity index (χ0v) is 20.6. The largest absolute Gasteiger partial charge is 0.402 e. The van der Waals surface area contributed by atoms with Crippen molar-refractivity contribution in [3.05, 3.63) is 45.9 Å². The highest BCUT2D eigenvalue weighted by molar-refractivity contribution is 7.88. The first-order chi connectivity index (χ1) is 15.4. The van der Waals surface area contributed by atoms with E-state index in [0.717, 1.165) is 28.4 Å². The van der Waals surface area contributed by atoms with Crippen molar-refractivity contribution in [1.82, 2.24) is 20.2 Å². The van der Waals surface area contributed by atoms with Crippen LogP contribution in [0.15, 0.2) is 35.3 Å². The van der Waals surface area contributed by atoms with E-state index in [9.17, 15) is 13.2 Å². The molecule has 3 rings (SSSR count). The molecule has 0 saturated carbocycles. The molecule has 2 heterocycles. The summed E-state index contributed by atoms with van der Waals surface area (Å²) in [6.07, 6.45) is 5.05. The lowest BCUT2D eigenvalue weighted by atomic mass is 10.0. The third-order valence-corrected chi connectivity index (χ3v) is 6.68. The van der Waals surface area contributed by atoms with Gasteiger partial charge in [-0.25, -0.2) is 13.1 Å². The average molecular weight is 496 g/mol. The second-order valence-corrected chi connectivity index (χ2v) is 10.5. The van der Waals surface area contributed by atoms with Crippen LogP contribution in [0, 0.1) is 0 Å². The summed E-state index contributed by atoms with van der Waals surface area (Å²) in [5, 5.41) is 11.3. The van der Waals surface area contributed by atoms with Crippen molar-refractivity contribution in [1.29, 1.82) is 0 Å². The molecule has 1 unspecified atom stereocenters. The maximum absolute atomic E-state index is 13.0. The summed E-state index contributed by atoms with van der Waals surface area (Å²) >= 11 is 6.52. The fraction of sp³-hybridized carbons (Fsp3) is 0.429. The predicted molar refractivity (Wildman–Crippen MR) is 131 cm³/mol. The highest BCUT2D eigenvalue weighted by Gasteiger charge is 2.30. The molecule has 0 bridgehead atoms. The van der Waals surface area contributed by atoms with E-state index in [1.807, 2.05) is 6.92 Å². The van der Waals surface area contributed by atoms with Crippen molar-refractivity contribution in [2.24, 2.45) is 11.5 Å². The number of aromatic amines is 1. The van der Waals surface area contributed by atoms with E-state index in [-0.39, 0.29) is 17.3 Å². The molecule has 2 aromatic rings. The van der Waals surface area contributed by atoms with Gasteiger partial charge in [-0.05, 0) is 33.3 Å². The van der Waals surface area contributed by atoms with Gasteiger partial charge in [0, 0.05) is 41.5 Å². The number of nitrogens with zero attached hydrogens (tertiary/aromatic N) is 2. The summed E-state index contributed by atoms with van der Waals surface area (Å²) in [6, 6.07) is 1.11. The first-order valence-electron chi connectivity index (χ1n) is 10.5. The number of sulfonamides is 1. The summed E-state index contributed by atoms with van der Waals surface area (Å²) in [5.41, 5.74) is 15.0. The van der Waals surface area contributed by atoms with Gasteiger partial charge in [0.05, 0.1) is 40.3 Å². The fourth-order valence-corrected chi connectivity index (χ4v) is 5.20. The third-order valence-electron chi connectivity index (χ3n) is 5.61. The number of hydrogen-bond donors (Lipinski definition) is 5. The molecular formula is C21H30ClN7O3S. The summed E-state index contributed by atoms with van der Waals surface area (Å²) in [4.78, 5) is 15.1. The number of allylic oxidation sites excluding steroid dienone is 2. The number of H-pyrrole nitrogens is 1. The molecule has 1 aliphatic heterocycles. The maximum atomic E-state index is 13.0. The number of carbonyl (C=O) groups excluding carboxylic acids is 1. The number of nitrogens with one attached hydrogen (secondary N) is 3. The topological polar surface area (TPSA) is 159 Å². The SMILES string of the molecule is C/C=C(N)\C(C(=O)NC(C)c1cc(Cl)c2cn[nH]c2c1N1CC[C@H](NS(C)(=O)=O)C1)=C(/C)N. The lowest BCUT2D eigenvalue weighted by molar-refractivity contribution is -0.117. The number of carbonyl (C=O) groups is 1. The Morgan fingerprint density at radius 1 is 1.42 bits per heavy atom. The zero-order valence-electron chi connectivity index (χ0n) is 19.1. The second-order valence-electron chi connectivity index (χ2n) is 8.27. The monoisotopic (exact) mass is 495 g/mol. The first kappa shape index (κ1) is 24.9. The molecule has 1 saturated heterocycles. The molecule has 0 radical (unpaired) electrons. The van der Waals surface area contributed by atoms with E-state index in [0.29, 0.717) is 30.2 Å². The van der Waals surface area contributed by atoms with Crippen LogP contribution in [-0.2, 0) is 14.8 Å². The number of fused-ring (bicyclic) bond motifs is 1. The fourth-order valence-electron chi connectivity index (χ4n) is 4.14. The van der Waals surface area contributed by atoms with Crippen LogP contribution >= 0.6 is 11.6 Å². The van der Waals surface area contributed by atoms with Gasteiger partial charge in [-0.15, -0.1) is 0 Å². The summed E-state index contributed by atoms with van der Waals surface area (Å²) in [5.74, 6) is -0.400. The quantitative estimate of drug-likeness (QED) is 0.288. The molecule has 0 aliphatic carbocycles. The van der Waals surface area contributed by atoms with E-state index in [2.05, 4.69) is 25.1 Å². The van der Waals surface area contributed by atoms with Gasteiger partial charge in [0.15, 0.2) is 0 Å². The van der Waals surface area contributed by atoms with E-state index in [4.69, 9.17) is 23.1 Å². The van der Waals surface area contributed by atoms with E-state index in [1.54, 1.807) is 32.2 Å². The van der Waals surface area contributed by atoms with Gasteiger partial charge in [-0.2, -0.15) is 5.10 Å². The van der Waals surface area contributed by atoms with Crippen molar-refractivity contribution in [3.63, 3.8) is 0 Å². The van der Waals surface area contributed by atoms with Crippen molar-refractivity contribution in [2.75, 3.05) is 24.2 Å². The number of nitrogens with two attached hydrogens (primary N) is 2. The molecule has 0 spiro atoms. The normalized spacial score (nSPS) is 19.0. The highest BCUT2D eigenvalue weighted by atomic mass is 35.5. The molecule has 33 heavy (non-hydrogen) atoms. The van der Waals surface area contributed by atoms with Crippen molar-refractivity contribution in [3.8, 4) is 0 Å². The molecule has 7 N–H and O–H groups in total. The number of amides is 1. The molecule has 1 aromatic carbocycles. The number of rotatable bonds is 7. The number of halogens is 1. The van der Waals surface area contributed by atoms with Crippen LogP contribution in [-0.4, -0.2) is 49.9 Å². The van der Waals surface area contributed by atoms with E-state index in [1.165, 1.54) is 0 Å². The summed E-state index contributed by atoms with van der Waals surface area (Å²) < 4.78 is 26.1. The Balaban J connectivity index is 2.00. The zero-order chi connectivity index (χ0) is 24.5. The van der Waals surface area contributed by atoms with Crippen molar-refractivity contribution in [2.45, 2.75) is 39.3 Å². The Morgan fingerprint density at radius 3 is 2.73 bits per heavy atom. The van der Waals surface area contributed by atoms with Gasteiger partial charge in [0.2, 0.25) is 10.0 Å². The van der Waals surface area contributed by atoms with Gasteiger partial charge >= 0.3 is 0 Å². The van der Waals surface area contributed by atoms with Gasteiger partial charge in [0.25, 0.3) is 5.91 Å².